The second kappa shape index (κ2) is 10.8. The van der Waals surface area contributed by atoms with Crippen LogP contribution < -0.4 is 19.3 Å². The normalized spacial score (nSPS) is 23.4. The van der Waals surface area contributed by atoms with Gasteiger partial charge in [0.2, 0.25) is 0 Å². The van der Waals surface area contributed by atoms with Crippen LogP contribution in [0.15, 0.2) is 97.1 Å². The number of morpholine rings is 2. The molecule has 2 unspecified atom stereocenters. The molecule has 10 nitrogen and oxygen atoms in total. The lowest BCUT2D eigenvalue weighted by Gasteiger charge is -2.41. The number of hydrogen-bond acceptors (Lipinski definition) is 10. The third-order valence-corrected chi connectivity index (χ3v) is 11.3. The molecule has 0 saturated carbocycles. The summed E-state index contributed by atoms with van der Waals surface area (Å²) in [7, 11) is 0. The van der Waals surface area contributed by atoms with Gasteiger partial charge in [-0.25, -0.2) is 9.59 Å². The summed E-state index contributed by atoms with van der Waals surface area (Å²) in [5, 5.41) is 0. The third-order valence-electron chi connectivity index (χ3n) is 11.3. The summed E-state index contributed by atoms with van der Waals surface area (Å²) >= 11 is 0. The number of nitrogens with zero attached hydrogens (tertiary/aromatic N) is 2. The van der Waals surface area contributed by atoms with Crippen molar-refractivity contribution in [1.29, 1.82) is 0 Å². The van der Waals surface area contributed by atoms with E-state index in [-0.39, 0.29) is 0 Å². The molecule has 0 radical (unpaired) electrons. The van der Waals surface area contributed by atoms with Crippen LogP contribution in [-0.2, 0) is 30.1 Å². The Balaban J connectivity index is 1.15. The molecule has 0 aromatic heterocycles. The average molecular weight is 693 g/mol. The Labute approximate surface area is 299 Å². The molecular formula is C42H32N2O8. The Bertz CT molecular complexity index is 2200. The van der Waals surface area contributed by atoms with Crippen molar-refractivity contribution in [3.8, 4) is 23.0 Å². The largest absolute Gasteiger partial charge is 0.456 e. The summed E-state index contributed by atoms with van der Waals surface area (Å²) in [5.41, 5.74) is 4.38. The highest BCUT2D eigenvalue weighted by molar-refractivity contribution is 5.98. The van der Waals surface area contributed by atoms with Crippen molar-refractivity contribution < 1.29 is 38.0 Å². The first-order valence-electron chi connectivity index (χ1n) is 17.7. The number of benzene rings is 5. The molecule has 5 aromatic rings. The molecule has 2 spiro atoms. The van der Waals surface area contributed by atoms with Crippen LogP contribution in [-0.4, -0.2) is 64.5 Å². The van der Waals surface area contributed by atoms with Crippen LogP contribution in [0, 0.1) is 0 Å². The summed E-state index contributed by atoms with van der Waals surface area (Å²) in [5.74, 6) is 1.28. The first-order chi connectivity index (χ1) is 25.5. The fraction of sp³-hybridized carbons (Fsp3) is 0.238. The second-order valence-electron chi connectivity index (χ2n) is 13.8. The first-order valence-corrected chi connectivity index (χ1v) is 17.7. The number of hydrogen-bond donors (Lipinski definition) is 0. The van der Waals surface area contributed by atoms with Gasteiger partial charge in [0.15, 0.2) is 11.2 Å². The molecule has 2 fully saturated rings. The molecule has 11 rings (SSSR count). The Hall–Kier alpha value is -5.84. The van der Waals surface area contributed by atoms with Gasteiger partial charge in [-0.3, -0.25) is 0 Å². The van der Waals surface area contributed by atoms with Gasteiger partial charge in [0, 0.05) is 89.1 Å². The highest BCUT2D eigenvalue weighted by Gasteiger charge is 2.58. The van der Waals surface area contributed by atoms with Gasteiger partial charge in [-0.05, 0) is 42.5 Å². The van der Waals surface area contributed by atoms with Crippen LogP contribution in [0.25, 0.3) is 0 Å². The summed E-state index contributed by atoms with van der Waals surface area (Å²) in [4.78, 5) is 32.0. The number of rotatable bonds is 2. The number of anilines is 2. The highest BCUT2D eigenvalue weighted by Crippen LogP contribution is 2.62. The lowest BCUT2D eigenvalue weighted by Crippen LogP contribution is -2.38. The zero-order valence-corrected chi connectivity index (χ0v) is 28.1. The van der Waals surface area contributed by atoms with E-state index >= 15 is 0 Å². The molecule has 6 aliphatic rings. The van der Waals surface area contributed by atoms with Crippen molar-refractivity contribution in [2.75, 3.05) is 62.4 Å². The van der Waals surface area contributed by atoms with E-state index in [0.717, 1.165) is 48.7 Å². The van der Waals surface area contributed by atoms with Crippen LogP contribution in [0.1, 0.15) is 54.1 Å². The predicted molar refractivity (Wildman–Crippen MR) is 189 cm³/mol. The summed E-state index contributed by atoms with van der Waals surface area (Å²) in [6, 6.07) is 30.9. The quantitative estimate of drug-likeness (QED) is 0.191. The van der Waals surface area contributed by atoms with Gasteiger partial charge in [0.25, 0.3) is 0 Å². The fourth-order valence-corrected chi connectivity index (χ4v) is 8.85. The second-order valence-corrected chi connectivity index (χ2v) is 13.8. The van der Waals surface area contributed by atoms with Gasteiger partial charge in [-0.15, -0.1) is 0 Å². The lowest BCUT2D eigenvalue weighted by atomic mass is 9.73. The molecule has 6 heterocycles. The van der Waals surface area contributed by atoms with Gasteiger partial charge < -0.3 is 38.2 Å². The molecule has 5 aromatic carbocycles. The Morgan fingerprint density at radius 3 is 1.33 bits per heavy atom. The van der Waals surface area contributed by atoms with E-state index < -0.39 is 23.1 Å². The number of fused-ring (bicyclic) bond motifs is 12. The van der Waals surface area contributed by atoms with Crippen LogP contribution >= 0.6 is 0 Å². The molecule has 10 heteroatoms. The number of carbonyl (C=O) groups excluding carboxylic acids is 2. The van der Waals surface area contributed by atoms with Crippen LogP contribution in [0.2, 0.25) is 0 Å². The summed E-state index contributed by atoms with van der Waals surface area (Å²) < 4.78 is 38.0. The number of esters is 2. The predicted octanol–water partition coefficient (Wildman–Crippen LogP) is 6.50. The monoisotopic (exact) mass is 692 g/mol. The lowest BCUT2D eigenvalue weighted by molar-refractivity contribution is 0.0208. The Morgan fingerprint density at radius 1 is 0.442 bits per heavy atom. The van der Waals surface area contributed by atoms with Gasteiger partial charge in [-0.2, -0.15) is 0 Å². The maximum Gasteiger partial charge on any atom is 0.340 e. The molecule has 52 heavy (non-hydrogen) atoms. The van der Waals surface area contributed by atoms with Crippen molar-refractivity contribution in [3.05, 3.63) is 142 Å². The molecule has 2 atom stereocenters. The zero-order chi connectivity index (χ0) is 34.6. The van der Waals surface area contributed by atoms with Crippen molar-refractivity contribution in [2.45, 2.75) is 11.2 Å². The van der Waals surface area contributed by atoms with E-state index in [1.807, 2.05) is 72.8 Å². The molecule has 0 bridgehead atoms. The SMILES string of the molecule is O=C1OC2(c3ccc(N4CCOCC4)cc3Oc3cc4c(cc32)C2(OC(=O)c3ccccc32)c2ccc(N3CCOCC3)cc2O4)c2ccccc21. The maximum atomic E-state index is 13.8. The molecular weight excluding hydrogens is 660 g/mol. The van der Waals surface area contributed by atoms with Crippen molar-refractivity contribution in [1.82, 2.24) is 0 Å². The van der Waals surface area contributed by atoms with E-state index in [0.29, 0.717) is 82.8 Å². The van der Waals surface area contributed by atoms with Crippen LogP contribution in [0.4, 0.5) is 11.4 Å². The van der Waals surface area contributed by atoms with E-state index in [2.05, 4.69) is 21.9 Å². The minimum absolute atomic E-state index is 0.422. The summed E-state index contributed by atoms with van der Waals surface area (Å²) in [6.07, 6.45) is 0. The zero-order valence-electron chi connectivity index (χ0n) is 28.1. The average Bonchev–Trinajstić information content (AvgIpc) is 3.66. The Morgan fingerprint density at radius 2 is 0.865 bits per heavy atom. The van der Waals surface area contributed by atoms with E-state index in [9.17, 15) is 9.59 Å². The molecule has 0 aliphatic carbocycles. The molecule has 6 aliphatic heterocycles. The smallest absolute Gasteiger partial charge is 0.340 e. The van der Waals surface area contributed by atoms with Gasteiger partial charge in [0.1, 0.15) is 23.0 Å². The number of carbonyl (C=O) groups is 2. The van der Waals surface area contributed by atoms with E-state index in [4.69, 9.17) is 28.4 Å². The van der Waals surface area contributed by atoms with Crippen molar-refractivity contribution in [3.63, 3.8) is 0 Å². The molecule has 0 N–H and O–H groups in total. The molecule has 0 amide bonds. The minimum atomic E-state index is -1.33. The van der Waals surface area contributed by atoms with Gasteiger partial charge >= 0.3 is 11.9 Å². The number of ether oxygens (including phenoxy) is 6. The van der Waals surface area contributed by atoms with E-state index in [1.54, 1.807) is 12.1 Å². The maximum absolute atomic E-state index is 13.8. The molecule has 2 saturated heterocycles. The third kappa shape index (κ3) is 3.96. The molecule has 258 valence electrons. The van der Waals surface area contributed by atoms with Gasteiger partial charge in [-0.1, -0.05) is 36.4 Å². The highest BCUT2D eigenvalue weighted by atomic mass is 16.6. The Kier molecular flexibility index (Phi) is 6.22. The summed E-state index contributed by atoms with van der Waals surface area (Å²) in [6.45, 7) is 5.60. The fourth-order valence-electron chi connectivity index (χ4n) is 8.85. The standard InChI is InChI=1S/C42H32N2O8/c45-39-27-5-1-3-7-29(27)41(51-39)31-11-9-25(43-13-17-47-18-14-43)21-35(31)49-37-24-38-34(23-33(37)41)42(30-8-4-2-6-28(30)40(46)52-42)32-12-10-26(22-36(32)50-38)44-15-19-48-20-16-44/h1-12,21-24H,13-20H2. The minimum Gasteiger partial charge on any atom is -0.456 e. The van der Waals surface area contributed by atoms with Crippen molar-refractivity contribution in [2.24, 2.45) is 0 Å². The first kappa shape index (κ1) is 29.8. The van der Waals surface area contributed by atoms with Crippen LogP contribution in [0.5, 0.6) is 23.0 Å². The van der Waals surface area contributed by atoms with Crippen molar-refractivity contribution >= 4 is 23.3 Å². The van der Waals surface area contributed by atoms with Crippen LogP contribution in [0.3, 0.4) is 0 Å². The van der Waals surface area contributed by atoms with Gasteiger partial charge in [0.05, 0.1) is 37.6 Å². The van der Waals surface area contributed by atoms with E-state index in [1.165, 1.54) is 0 Å². The topological polar surface area (TPSA) is 96.0 Å².